The number of rotatable bonds is 69. The molecule has 0 aliphatic carbocycles. The molecule has 522 valence electrons. The fourth-order valence-corrected chi connectivity index (χ4v) is 12.0. The maximum absolute atomic E-state index is 13.0. The van der Waals surface area contributed by atoms with Gasteiger partial charge in [-0.1, -0.05) is 304 Å². The Morgan fingerprint density at radius 1 is 0.307 bits per heavy atom. The molecule has 0 heterocycles. The Hall–Kier alpha value is -1.94. The van der Waals surface area contributed by atoms with Gasteiger partial charge in [-0.15, -0.1) is 0 Å². The van der Waals surface area contributed by atoms with Crippen molar-refractivity contribution in [1.29, 1.82) is 0 Å². The summed E-state index contributed by atoms with van der Waals surface area (Å²) >= 11 is 0. The first kappa shape index (κ1) is 86.1. The molecular weight excluding hydrogens is 1160 g/mol. The van der Waals surface area contributed by atoms with Crippen molar-refractivity contribution in [3.05, 3.63) is 0 Å². The molecule has 17 nitrogen and oxygen atoms in total. The zero-order valence-electron chi connectivity index (χ0n) is 56.9. The number of hydrogen-bond acceptors (Lipinski definition) is 15. The highest BCUT2D eigenvalue weighted by molar-refractivity contribution is 7.47. The van der Waals surface area contributed by atoms with E-state index in [0.29, 0.717) is 25.7 Å². The molecule has 0 fully saturated rings. The van der Waals surface area contributed by atoms with Crippen molar-refractivity contribution in [2.75, 3.05) is 39.6 Å². The lowest BCUT2D eigenvalue weighted by molar-refractivity contribution is -0.161. The fourth-order valence-electron chi connectivity index (χ4n) is 10.5. The summed E-state index contributed by atoms with van der Waals surface area (Å²) in [4.78, 5) is 72.2. The summed E-state index contributed by atoms with van der Waals surface area (Å²) in [7, 11) is -9.88. The number of unbranched alkanes of at least 4 members (excludes halogenated alkanes) is 41. The van der Waals surface area contributed by atoms with Crippen LogP contribution < -0.4 is 0 Å². The highest BCUT2D eigenvalue weighted by atomic mass is 31.2. The molecule has 2 unspecified atom stereocenters. The molecule has 0 amide bonds. The van der Waals surface area contributed by atoms with Crippen LogP contribution in [0.4, 0.5) is 0 Å². The number of esters is 4. The molecule has 88 heavy (non-hydrogen) atoms. The molecule has 19 heteroatoms. The molecule has 0 saturated heterocycles. The van der Waals surface area contributed by atoms with Gasteiger partial charge in [-0.3, -0.25) is 37.3 Å². The van der Waals surface area contributed by atoms with Crippen LogP contribution in [-0.4, -0.2) is 96.7 Å². The third-order valence-corrected chi connectivity index (χ3v) is 17.9. The van der Waals surface area contributed by atoms with E-state index in [1.54, 1.807) is 0 Å². The Bertz CT molecular complexity index is 1700. The van der Waals surface area contributed by atoms with Crippen LogP contribution in [0.15, 0.2) is 0 Å². The Labute approximate surface area is 537 Å². The molecule has 0 rings (SSSR count). The van der Waals surface area contributed by atoms with Gasteiger partial charge in [-0.25, -0.2) is 9.13 Å². The predicted molar refractivity (Wildman–Crippen MR) is 354 cm³/mol. The van der Waals surface area contributed by atoms with Crippen LogP contribution in [0.25, 0.3) is 0 Å². The summed E-state index contributed by atoms with van der Waals surface area (Å²) < 4.78 is 68.0. The number of hydrogen-bond donors (Lipinski definition) is 3. The smallest absolute Gasteiger partial charge is 0.462 e. The molecule has 0 aromatic rings. The van der Waals surface area contributed by atoms with Crippen molar-refractivity contribution in [3.63, 3.8) is 0 Å². The Morgan fingerprint density at radius 3 is 0.773 bits per heavy atom. The van der Waals surface area contributed by atoms with E-state index in [-0.39, 0.29) is 25.7 Å². The average molecular weight is 1300 g/mol. The standard InChI is InChI=1S/C69H134O17P2/c1-6-9-12-15-18-20-21-31-34-39-43-48-53-67(72)80-59-65(86-69(74)55-50-45-40-35-32-29-27-25-23-22-24-26-28-30-33-37-41-46-51-62(4)5)61-84-88(77,78)82-57-63(70)56-81-87(75,76)83-60-64(58-79-66(71)52-47-42-36-17-14-11-8-3)85-68(73)54-49-44-38-19-16-13-10-7-2/h62-65,70H,6-61H2,1-5H3,(H,75,76)(H,77,78)/t63-,64+,65+/m0/s1. The molecule has 0 spiro atoms. The van der Waals surface area contributed by atoms with Crippen LogP contribution >= 0.6 is 15.6 Å². The van der Waals surface area contributed by atoms with Crippen LogP contribution in [0.5, 0.6) is 0 Å². The van der Waals surface area contributed by atoms with Crippen molar-refractivity contribution in [1.82, 2.24) is 0 Å². The number of phosphoric acid groups is 2. The summed E-state index contributed by atoms with van der Waals surface area (Å²) in [5.74, 6) is -1.31. The number of carbonyl (C=O) groups is 4. The first-order valence-electron chi connectivity index (χ1n) is 36.1. The van der Waals surface area contributed by atoms with Crippen LogP contribution in [0, 0.1) is 5.92 Å². The van der Waals surface area contributed by atoms with Crippen molar-refractivity contribution in [3.8, 4) is 0 Å². The number of aliphatic hydroxyl groups is 1. The Morgan fingerprint density at radius 2 is 0.523 bits per heavy atom. The highest BCUT2D eigenvalue weighted by Gasteiger charge is 2.30. The summed E-state index contributed by atoms with van der Waals surface area (Å²) in [5, 5.41) is 10.5. The molecule has 0 bridgehead atoms. The summed E-state index contributed by atoms with van der Waals surface area (Å²) in [6.07, 6.45) is 48.9. The largest absolute Gasteiger partial charge is 0.472 e. The zero-order valence-corrected chi connectivity index (χ0v) is 58.6. The normalized spacial score (nSPS) is 14.1. The molecule has 0 aromatic carbocycles. The minimum absolute atomic E-state index is 0.105. The molecule has 5 atom stereocenters. The number of phosphoric ester groups is 2. The van der Waals surface area contributed by atoms with Crippen LogP contribution in [0.3, 0.4) is 0 Å². The van der Waals surface area contributed by atoms with Crippen molar-refractivity contribution >= 4 is 39.5 Å². The van der Waals surface area contributed by atoms with E-state index in [1.807, 2.05) is 0 Å². The van der Waals surface area contributed by atoms with Gasteiger partial charge in [0, 0.05) is 25.7 Å². The molecule has 0 aromatic heterocycles. The lowest BCUT2D eigenvalue weighted by atomic mass is 10.0. The fraction of sp³-hybridized carbons (Fsp3) is 0.942. The van der Waals surface area contributed by atoms with E-state index < -0.39 is 97.5 Å². The van der Waals surface area contributed by atoms with Gasteiger partial charge in [0.25, 0.3) is 0 Å². The van der Waals surface area contributed by atoms with Crippen LogP contribution in [0.2, 0.25) is 0 Å². The predicted octanol–water partition coefficient (Wildman–Crippen LogP) is 19.7. The third-order valence-electron chi connectivity index (χ3n) is 16.0. The van der Waals surface area contributed by atoms with Gasteiger partial charge in [0.05, 0.1) is 26.4 Å². The first-order chi connectivity index (χ1) is 42.5. The summed E-state index contributed by atoms with van der Waals surface area (Å²) in [5.41, 5.74) is 0. The average Bonchev–Trinajstić information content (AvgIpc) is 3.61. The number of ether oxygens (including phenoxy) is 4. The van der Waals surface area contributed by atoms with Gasteiger partial charge >= 0.3 is 39.5 Å². The van der Waals surface area contributed by atoms with Crippen LogP contribution in [0.1, 0.15) is 356 Å². The number of carbonyl (C=O) groups excluding carboxylic acids is 4. The van der Waals surface area contributed by atoms with Gasteiger partial charge in [-0.2, -0.15) is 0 Å². The summed E-state index contributed by atoms with van der Waals surface area (Å²) in [6, 6.07) is 0. The molecule has 0 radical (unpaired) electrons. The van der Waals surface area contributed by atoms with Crippen molar-refractivity contribution in [2.24, 2.45) is 5.92 Å². The molecule has 3 N–H and O–H groups in total. The maximum Gasteiger partial charge on any atom is 0.472 e. The van der Waals surface area contributed by atoms with Gasteiger partial charge in [-0.05, 0) is 31.6 Å². The molecular formula is C69H134O17P2. The van der Waals surface area contributed by atoms with E-state index >= 15 is 0 Å². The zero-order chi connectivity index (χ0) is 64.9. The monoisotopic (exact) mass is 1300 g/mol. The summed E-state index contributed by atoms with van der Waals surface area (Å²) in [6.45, 7) is 7.20. The highest BCUT2D eigenvalue weighted by Crippen LogP contribution is 2.45. The Kier molecular flexibility index (Phi) is 61.1. The van der Waals surface area contributed by atoms with E-state index in [9.17, 15) is 43.2 Å². The second kappa shape index (κ2) is 62.5. The van der Waals surface area contributed by atoms with E-state index in [0.717, 1.165) is 115 Å². The van der Waals surface area contributed by atoms with E-state index in [2.05, 4.69) is 34.6 Å². The van der Waals surface area contributed by atoms with Gasteiger partial charge in [0.1, 0.15) is 19.3 Å². The molecule has 0 saturated carbocycles. The lowest BCUT2D eigenvalue weighted by Crippen LogP contribution is -2.30. The number of aliphatic hydroxyl groups excluding tert-OH is 1. The topological polar surface area (TPSA) is 237 Å². The molecule has 0 aliphatic rings. The van der Waals surface area contributed by atoms with Gasteiger partial charge in [0.2, 0.25) is 0 Å². The maximum atomic E-state index is 13.0. The van der Waals surface area contributed by atoms with Crippen molar-refractivity contribution < 1.29 is 80.2 Å². The molecule has 0 aliphatic heterocycles. The minimum Gasteiger partial charge on any atom is -0.462 e. The van der Waals surface area contributed by atoms with Crippen molar-refractivity contribution in [2.45, 2.75) is 374 Å². The SMILES string of the molecule is CCCCCCCCCCCCCCC(=O)OC[C@H](COP(=O)(O)OC[C@@H](O)COP(=O)(O)OC[C@@H](COC(=O)CCCCCCCCC)OC(=O)CCCCCCCCCC)OC(=O)CCCCCCCCCCCCCCCCCCCCC(C)C. The van der Waals surface area contributed by atoms with Crippen LogP contribution in [-0.2, 0) is 65.4 Å². The van der Waals surface area contributed by atoms with E-state index in [1.165, 1.54) is 161 Å². The van der Waals surface area contributed by atoms with Gasteiger partial charge in [0.15, 0.2) is 12.2 Å². The third kappa shape index (κ3) is 62.8. The van der Waals surface area contributed by atoms with Gasteiger partial charge < -0.3 is 33.8 Å². The quantitative estimate of drug-likeness (QED) is 0.0222. The van der Waals surface area contributed by atoms with E-state index in [4.69, 9.17) is 37.0 Å². The second-order valence-corrected chi connectivity index (χ2v) is 28.3. The first-order valence-corrected chi connectivity index (χ1v) is 39.1. The second-order valence-electron chi connectivity index (χ2n) is 25.4. The Balaban J connectivity index is 5.11. The lowest BCUT2D eigenvalue weighted by Gasteiger charge is -2.21. The minimum atomic E-state index is -4.95.